The van der Waals surface area contributed by atoms with Crippen molar-refractivity contribution >= 4 is 10.0 Å². The van der Waals surface area contributed by atoms with E-state index in [0.29, 0.717) is 32.0 Å². The molecule has 0 aliphatic rings. The van der Waals surface area contributed by atoms with E-state index >= 15 is 0 Å². The first kappa shape index (κ1) is 17.9. The highest BCUT2D eigenvalue weighted by atomic mass is 32.2. The molecule has 1 aromatic rings. The van der Waals surface area contributed by atoms with Crippen LogP contribution in [0, 0.1) is 0 Å². The van der Waals surface area contributed by atoms with Crippen molar-refractivity contribution in [2.75, 3.05) is 47.4 Å². The Morgan fingerprint density at radius 2 is 1.71 bits per heavy atom. The summed E-state index contributed by atoms with van der Waals surface area (Å²) in [7, 11) is 1.96. The Labute approximate surface area is 127 Å². The van der Waals surface area contributed by atoms with Gasteiger partial charge in [-0.3, -0.25) is 0 Å². The van der Waals surface area contributed by atoms with E-state index in [1.165, 1.54) is 4.31 Å². The Hall–Kier alpha value is -1.15. The average Bonchev–Trinajstić information content (AvgIpc) is 2.45. The number of nitrogens with two attached hydrogens (primary N) is 1. The second-order valence-corrected chi connectivity index (χ2v) is 7.14. The molecule has 0 saturated heterocycles. The molecular formula is C14H25N3O3S. The van der Waals surface area contributed by atoms with Crippen LogP contribution < -0.4 is 10.5 Å². The van der Waals surface area contributed by atoms with Gasteiger partial charge in [0, 0.05) is 20.1 Å². The first-order valence-corrected chi connectivity index (χ1v) is 8.36. The molecule has 1 rings (SSSR count). The van der Waals surface area contributed by atoms with Crippen molar-refractivity contribution < 1.29 is 13.2 Å². The van der Waals surface area contributed by atoms with Crippen molar-refractivity contribution in [2.45, 2.75) is 11.3 Å². The number of hydrogen-bond donors (Lipinski definition) is 1. The number of benzene rings is 1. The van der Waals surface area contributed by atoms with Gasteiger partial charge in [0.05, 0.1) is 11.5 Å². The van der Waals surface area contributed by atoms with Gasteiger partial charge >= 0.3 is 0 Å². The van der Waals surface area contributed by atoms with Crippen molar-refractivity contribution in [3.05, 3.63) is 24.3 Å². The normalized spacial score (nSPS) is 12.1. The molecule has 0 bridgehead atoms. The molecule has 0 radical (unpaired) electrons. The van der Waals surface area contributed by atoms with Crippen LogP contribution >= 0.6 is 0 Å². The Morgan fingerprint density at radius 3 is 2.24 bits per heavy atom. The minimum absolute atomic E-state index is 0.273. The molecule has 0 fully saturated rings. The van der Waals surface area contributed by atoms with E-state index in [2.05, 4.69) is 0 Å². The molecule has 6 nitrogen and oxygen atoms in total. The molecule has 0 aliphatic heterocycles. The van der Waals surface area contributed by atoms with Gasteiger partial charge < -0.3 is 15.4 Å². The molecule has 0 atom stereocenters. The lowest BCUT2D eigenvalue weighted by molar-refractivity contribution is 0.313. The molecule has 0 amide bonds. The van der Waals surface area contributed by atoms with E-state index in [0.717, 1.165) is 6.42 Å². The lowest BCUT2D eigenvalue weighted by atomic mass is 10.3. The molecule has 1 aromatic carbocycles. The first-order valence-electron chi connectivity index (χ1n) is 6.92. The topological polar surface area (TPSA) is 75.9 Å². The summed E-state index contributed by atoms with van der Waals surface area (Å²) in [5, 5.41) is 0. The Bertz CT molecular complexity index is 515. The summed E-state index contributed by atoms with van der Waals surface area (Å²) in [6.07, 6.45) is 0.771. The van der Waals surface area contributed by atoms with E-state index in [9.17, 15) is 8.42 Å². The summed E-state index contributed by atoms with van der Waals surface area (Å²) in [6.45, 7) is 2.23. The maximum atomic E-state index is 12.4. The fourth-order valence-corrected chi connectivity index (χ4v) is 2.78. The number of rotatable bonds is 9. The molecule has 7 heteroatoms. The fourth-order valence-electron chi connectivity index (χ4n) is 1.62. The highest BCUT2D eigenvalue weighted by molar-refractivity contribution is 7.89. The van der Waals surface area contributed by atoms with Crippen molar-refractivity contribution in [1.82, 2.24) is 9.21 Å². The van der Waals surface area contributed by atoms with Crippen LogP contribution in [-0.4, -0.2) is 65.0 Å². The molecule has 21 heavy (non-hydrogen) atoms. The largest absolute Gasteiger partial charge is 0.494 e. The smallest absolute Gasteiger partial charge is 0.242 e. The van der Waals surface area contributed by atoms with Crippen molar-refractivity contribution in [2.24, 2.45) is 5.73 Å². The Morgan fingerprint density at radius 1 is 1.10 bits per heavy atom. The highest BCUT2D eigenvalue weighted by Gasteiger charge is 2.20. The monoisotopic (exact) mass is 315 g/mol. The van der Waals surface area contributed by atoms with Crippen LogP contribution in [0.1, 0.15) is 6.42 Å². The van der Waals surface area contributed by atoms with Gasteiger partial charge in [0.2, 0.25) is 10.0 Å². The summed E-state index contributed by atoms with van der Waals surface area (Å²) < 4.78 is 31.5. The number of likely N-dealkylation sites (N-methyl/N-ethyl adjacent to an activating group) is 2. The maximum Gasteiger partial charge on any atom is 0.242 e. The lowest BCUT2D eigenvalue weighted by Crippen LogP contribution is -2.33. The van der Waals surface area contributed by atoms with Gasteiger partial charge in [-0.05, 0) is 51.3 Å². The summed E-state index contributed by atoms with van der Waals surface area (Å²) in [4.78, 5) is 2.22. The zero-order valence-electron chi connectivity index (χ0n) is 12.9. The molecule has 120 valence electrons. The van der Waals surface area contributed by atoms with Crippen LogP contribution in [0.15, 0.2) is 29.2 Å². The number of hydrogen-bond acceptors (Lipinski definition) is 5. The van der Waals surface area contributed by atoms with Crippen LogP contribution in [-0.2, 0) is 10.0 Å². The zero-order chi connectivity index (χ0) is 15.9. The number of sulfonamides is 1. The molecule has 0 spiro atoms. The maximum absolute atomic E-state index is 12.4. The molecule has 0 heterocycles. The van der Waals surface area contributed by atoms with E-state index in [1.54, 1.807) is 31.3 Å². The number of ether oxygens (including phenoxy) is 1. The minimum Gasteiger partial charge on any atom is -0.494 e. The standard InChI is InChI=1S/C14H25N3O3S/c1-16(2)10-11-17(3)21(18,19)14-7-5-13(6-8-14)20-12-4-9-15/h5-8H,4,9-12,15H2,1-3H3. The highest BCUT2D eigenvalue weighted by Crippen LogP contribution is 2.18. The van der Waals surface area contributed by atoms with Crippen molar-refractivity contribution in [3.63, 3.8) is 0 Å². The zero-order valence-corrected chi connectivity index (χ0v) is 13.8. The van der Waals surface area contributed by atoms with Gasteiger partial charge in [-0.2, -0.15) is 4.31 Å². The molecule has 0 aliphatic carbocycles. The predicted molar refractivity (Wildman–Crippen MR) is 84.0 cm³/mol. The second-order valence-electron chi connectivity index (χ2n) is 5.09. The van der Waals surface area contributed by atoms with Gasteiger partial charge in [-0.25, -0.2) is 8.42 Å². The van der Waals surface area contributed by atoms with Gasteiger partial charge in [-0.1, -0.05) is 0 Å². The molecule has 0 aromatic heterocycles. The third-order valence-corrected chi connectivity index (χ3v) is 4.88. The van der Waals surface area contributed by atoms with E-state index < -0.39 is 10.0 Å². The molecule has 0 saturated carbocycles. The second kappa shape index (κ2) is 8.33. The summed E-state index contributed by atoms with van der Waals surface area (Å²) in [5.74, 6) is 0.651. The predicted octanol–water partition coefficient (Wildman–Crippen LogP) is 0.596. The summed E-state index contributed by atoms with van der Waals surface area (Å²) in [5.41, 5.74) is 5.39. The fraction of sp³-hybridized carbons (Fsp3) is 0.571. The van der Waals surface area contributed by atoms with Gasteiger partial charge in [0.1, 0.15) is 5.75 Å². The van der Waals surface area contributed by atoms with Crippen LogP contribution in [0.2, 0.25) is 0 Å². The van der Waals surface area contributed by atoms with E-state index in [1.807, 2.05) is 19.0 Å². The van der Waals surface area contributed by atoms with Crippen molar-refractivity contribution in [3.8, 4) is 5.75 Å². The third-order valence-electron chi connectivity index (χ3n) is 3.01. The van der Waals surface area contributed by atoms with E-state index in [-0.39, 0.29) is 4.90 Å². The Kier molecular flexibility index (Phi) is 7.10. The molecule has 0 unspecified atom stereocenters. The summed E-state index contributed by atoms with van der Waals surface area (Å²) in [6, 6.07) is 6.48. The average molecular weight is 315 g/mol. The minimum atomic E-state index is -3.45. The Balaban J connectivity index is 2.70. The van der Waals surface area contributed by atoms with Crippen LogP contribution in [0.3, 0.4) is 0 Å². The van der Waals surface area contributed by atoms with Gasteiger partial charge in [0.15, 0.2) is 0 Å². The van der Waals surface area contributed by atoms with Gasteiger partial charge in [0.25, 0.3) is 0 Å². The van der Waals surface area contributed by atoms with Gasteiger partial charge in [-0.15, -0.1) is 0 Å². The van der Waals surface area contributed by atoms with Crippen molar-refractivity contribution in [1.29, 1.82) is 0 Å². The van der Waals surface area contributed by atoms with Crippen LogP contribution in [0.25, 0.3) is 0 Å². The van der Waals surface area contributed by atoms with Crippen LogP contribution in [0.5, 0.6) is 5.75 Å². The summed E-state index contributed by atoms with van der Waals surface area (Å²) >= 11 is 0. The molecule has 2 N–H and O–H groups in total. The third kappa shape index (κ3) is 5.62. The first-order chi connectivity index (χ1) is 9.87. The SMILES string of the molecule is CN(C)CCN(C)S(=O)(=O)c1ccc(OCCCN)cc1. The quantitative estimate of drug-likeness (QED) is 0.675. The van der Waals surface area contributed by atoms with E-state index in [4.69, 9.17) is 10.5 Å². The number of nitrogens with zero attached hydrogens (tertiary/aromatic N) is 2. The van der Waals surface area contributed by atoms with Crippen LogP contribution in [0.4, 0.5) is 0 Å². The lowest BCUT2D eigenvalue weighted by Gasteiger charge is -2.19. The molecular weight excluding hydrogens is 290 g/mol.